The molecule has 3 aromatic rings. The minimum atomic E-state index is -0.236. The summed E-state index contributed by atoms with van der Waals surface area (Å²) in [5.41, 5.74) is 1.70. The minimum absolute atomic E-state index is 0.00717. The van der Waals surface area contributed by atoms with Crippen molar-refractivity contribution in [2.45, 2.75) is 33.9 Å². The van der Waals surface area contributed by atoms with Crippen LogP contribution >= 0.6 is 34.8 Å². The summed E-state index contributed by atoms with van der Waals surface area (Å²) in [6.45, 7) is 6.65. The lowest BCUT2D eigenvalue weighted by Gasteiger charge is -2.17. The average molecular weight is 614 g/mol. The van der Waals surface area contributed by atoms with Gasteiger partial charge in [-0.05, 0) is 65.8 Å². The first-order chi connectivity index (χ1) is 19.5. The molecular weight excluding hydrogens is 583 g/mol. The van der Waals surface area contributed by atoms with Crippen molar-refractivity contribution in [2.75, 3.05) is 7.05 Å². The molecule has 2 unspecified atom stereocenters. The van der Waals surface area contributed by atoms with E-state index in [9.17, 15) is 4.79 Å². The lowest BCUT2D eigenvalue weighted by atomic mass is 10.1. The predicted octanol–water partition coefficient (Wildman–Crippen LogP) is 8.18. The first-order valence-corrected chi connectivity index (χ1v) is 13.9. The molecule has 1 aromatic heterocycles. The Hall–Kier alpha value is -3.57. The number of hydrogen-bond acceptors (Lipinski definition) is 6. The van der Waals surface area contributed by atoms with Crippen LogP contribution in [-0.2, 0) is 22.7 Å². The molecule has 1 saturated carbocycles. The van der Waals surface area contributed by atoms with Crippen LogP contribution in [0.1, 0.15) is 31.9 Å². The number of nitrogens with zero attached hydrogens (tertiary/aromatic N) is 4. The van der Waals surface area contributed by atoms with Crippen LogP contribution in [0.25, 0.3) is 0 Å². The highest BCUT2D eigenvalue weighted by Gasteiger charge is 2.61. The zero-order valence-electron chi connectivity index (χ0n) is 23.2. The van der Waals surface area contributed by atoms with E-state index >= 15 is 0 Å². The molecule has 0 N–H and O–H groups in total. The highest BCUT2D eigenvalue weighted by molar-refractivity contribution is 6.55. The lowest BCUT2D eigenvalue weighted by molar-refractivity contribution is -0.147. The highest BCUT2D eigenvalue weighted by Crippen LogP contribution is 2.60. The van der Waals surface area contributed by atoms with Gasteiger partial charge in [-0.2, -0.15) is 10.3 Å². The van der Waals surface area contributed by atoms with E-state index in [0.717, 1.165) is 16.9 Å². The van der Waals surface area contributed by atoms with Crippen LogP contribution in [0.3, 0.4) is 0 Å². The molecule has 0 radical (unpaired) electrons. The van der Waals surface area contributed by atoms with Gasteiger partial charge in [0.25, 0.3) is 0 Å². The summed E-state index contributed by atoms with van der Waals surface area (Å²) in [6, 6.07) is 20.7. The fraction of sp³-hybridized carbons (Fsp3) is 0.290. The molecule has 1 aliphatic rings. The maximum Gasteiger partial charge on any atom is 0.310 e. The number of esters is 1. The van der Waals surface area contributed by atoms with Gasteiger partial charge >= 0.3 is 5.97 Å². The van der Waals surface area contributed by atoms with Crippen LogP contribution in [0, 0.1) is 28.7 Å². The molecule has 0 amide bonds. The predicted molar refractivity (Wildman–Crippen MR) is 163 cm³/mol. The number of allylic oxidation sites excluding steroid dienone is 1. The molecule has 1 aliphatic carbocycles. The molecule has 214 valence electrons. The Morgan fingerprint density at radius 2 is 1.80 bits per heavy atom. The minimum Gasteiger partial charge on any atom is -0.461 e. The number of carbonyl (C=O) groups is 1. The second-order valence-electron chi connectivity index (χ2n) is 10.1. The van der Waals surface area contributed by atoms with Crippen molar-refractivity contribution in [1.82, 2.24) is 9.88 Å². The molecule has 10 heteroatoms. The average Bonchev–Trinajstić information content (AvgIpc) is 3.48. The quantitative estimate of drug-likeness (QED) is 0.0837. The van der Waals surface area contributed by atoms with Gasteiger partial charge in [0.05, 0.1) is 5.92 Å². The van der Waals surface area contributed by atoms with E-state index in [1.807, 2.05) is 86.5 Å². The van der Waals surface area contributed by atoms with Crippen LogP contribution in [0.5, 0.6) is 11.5 Å². The Labute approximate surface area is 256 Å². The molecule has 7 nitrogen and oxygen atoms in total. The summed E-state index contributed by atoms with van der Waals surface area (Å²) in [6.07, 6.45) is 5.17. The molecule has 0 aliphatic heterocycles. The largest absolute Gasteiger partial charge is 0.461 e. The number of pyridine rings is 1. The summed E-state index contributed by atoms with van der Waals surface area (Å²) in [4.78, 5) is 21.9. The maximum atomic E-state index is 12.4. The first kappa shape index (κ1) is 32.0. The third-order valence-electron chi connectivity index (χ3n) is 6.70. The number of halogens is 3. The molecule has 2 atom stereocenters. The molecule has 4 rings (SSSR count). The van der Waals surface area contributed by atoms with Gasteiger partial charge in [0.2, 0.25) is 6.19 Å². The number of benzene rings is 2. The topological polar surface area (TPSA) is 87.8 Å². The van der Waals surface area contributed by atoms with Crippen molar-refractivity contribution in [2.24, 2.45) is 22.2 Å². The molecule has 0 bridgehead atoms. The molecule has 1 heterocycles. The highest BCUT2D eigenvalue weighted by atomic mass is 35.5. The van der Waals surface area contributed by atoms with Gasteiger partial charge < -0.3 is 14.4 Å². The van der Waals surface area contributed by atoms with Crippen molar-refractivity contribution >= 4 is 46.6 Å². The molecular formula is C31H31Cl3N4O3. The van der Waals surface area contributed by atoms with Crippen LogP contribution in [-0.4, -0.2) is 28.7 Å². The fourth-order valence-corrected chi connectivity index (χ4v) is 4.57. The van der Waals surface area contributed by atoms with E-state index in [1.165, 1.54) is 0 Å². The number of ether oxygens (including phenoxy) is 2. The second kappa shape index (κ2) is 14.9. The third kappa shape index (κ3) is 9.79. The van der Waals surface area contributed by atoms with Crippen LogP contribution < -0.4 is 4.74 Å². The van der Waals surface area contributed by atoms with Crippen LogP contribution in [0.4, 0.5) is 0 Å². The van der Waals surface area contributed by atoms with Crippen LogP contribution in [0.15, 0.2) is 88.5 Å². The smallest absolute Gasteiger partial charge is 0.310 e. The van der Waals surface area contributed by atoms with Gasteiger partial charge in [-0.15, -0.1) is 0 Å². The number of hydrogen-bond donors (Lipinski definition) is 0. The van der Waals surface area contributed by atoms with E-state index in [4.69, 9.17) is 49.5 Å². The number of para-hydroxylation sites is 1. The fourth-order valence-electron chi connectivity index (χ4n) is 4.19. The summed E-state index contributed by atoms with van der Waals surface area (Å²) >= 11 is 17.1. The number of carbonyl (C=O) groups excluding carboxylic acids is 1. The van der Waals surface area contributed by atoms with E-state index in [2.05, 4.69) is 9.98 Å². The number of aromatic nitrogens is 1. The van der Waals surface area contributed by atoms with Gasteiger partial charge in [0.1, 0.15) is 33.6 Å². The van der Waals surface area contributed by atoms with E-state index in [1.54, 1.807) is 31.5 Å². The number of rotatable bonds is 8. The van der Waals surface area contributed by atoms with Crippen molar-refractivity contribution < 1.29 is 14.3 Å². The Morgan fingerprint density at radius 1 is 1.10 bits per heavy atom. The molecule has 2 aromatic carbocycles. The van der Waals surface area contributed by atoms with Gasteiger partial charge in [-0.25, -0.2) is 4.98 Å². The summed E-state index contributed by atoms with van der Waals surface area (Å²) in [7, 11) is 1.87. The maximum absolute atomic E-state index is 12.4. The number of nitriles is 1. The third-order valence-corrected chi connectivity index (χ3v) is 7.18. The Kier molecular flexibility index (Phi) is 11.6. The number of amidine groups is 1. The second-order valence-corrected chi connectivity index (χ2v) is 11.5. The van der Waals surface area contributed by atoms with Gasteiger partial charge in [0.15, 0.2) is 0 Å². The van der Waals surface area contributed by atoms with Crippen LogP contribution in [0.2, 0.25) is 5.15 Å². The summed E-state index contributed by atoms with van der Waals surface area (Å²) in [5.74, 6) is 1.68. The summed E-state index contributed by atoms with van der Waals surface area (Å²) < 4.78 is 11.5. The van der Waals surface area contributed by atoms with E-state index < -0.39 is 0 Å². The number of aliphatic imine (C=N–C) groups is 1. The lowest BCUT2D eigenvalue weighted by Crippen LogP contribution is -2.23. The van der Waals surface area contributed by atoms with Gasteiger partial charge in [-0.1, -0.05) is 85.0 Å². The van der Waals surface area contributed by atoms with Gasteiger partial charge in [-0.3, -0.25) is 4.79 Å². The van der Waals surface area contributed by atoms with Crippen molar-refractivity contribution in [3.05, 3.63) is 99.8 Å². The zero-order valence-corrected chi connectivity index (χ0v) is 25.5. The monoisotopic (exact) mass is 612 g/mol. The van der Waals surface area contributed by atoms with Crippen molar-refractivity contribution in [1.29, 1.82) is 5.26 Å². The molecule has 0 spiro atoms. The van der Waals surface area contributed by atoms with Gasteiger partial charge in [0, 0.05) is 19.8 Å². The molecule has 0 saturated heterocycles. The molecule has 1 fully saturated rings. The van der Waals surface area contributed by atoms with Crippen molar-refractivity contribution in [3.8, 4) is 17.7 Å². The van der Waals surface area contributed by atoms with Crippen molar-refractivity contribution in [3.63, 3.8) is 0 Å². The van der Waals surface area contributed by atoms with E-state index in [-0.39, 0.29) is 34.3 Å². The standard InChI is InChI=1S/C21H20Cl2O3.C10H11ClN4/c1-21(2)17(12-18(22)23)19(21)20(24)25-13-14-7-6-10-16(11-14)26-15-8-4-3-5-9-15;1-8(14-7-12)15(2)6-9-3-4-10(11)13-5-9/h3-12,17,19H,13H2,1-2H3;3-5H,6H2,1-2H3/b;14-8+. The zero-order chi connectivity index (χ0) is 30.0. The Morgan fingerprint density at radius 3 is 2.44 bits per heavy atom. The Balaban J connectivity index is 0.000000263. The van der Waals surface area contributed by atoms with E-state index in [0.29, 0.717) is 23.3 Å². The first-order valence-electron chi connectivity index (χ1n) is 12.8. The Bertz CT molecular complexity index is 1420. The normalized spacial score (nSPS) is 16.8. The summed E-state index contributed by atoms with van der Waals surface area (Å²) in [5, 5.41) is 8.87. The molecule has 41 heavy (non-hydrogen) atoms. The SMILES string of the molecule is C/C(=N\C#N)N(C)Cc1ccc(Cl)nc1.CC1(C)C(C=C(Cl)Cl)C1C(=O)OCc1cccc(Oc2ccccc2)c1.